The maximum Gasteiger partial charge on any atom is 0.404 e. The number of anilines is 2. The minimum atomic E-state index is -1.08. The first kappa shape index (κ1) is 17.3. The van der Waals surface area contributed by atoms with Crippen molar-refractivity contribution in [3.05, 3.63) is 40.8 Å². The molecule has 9 heteroatoms. The minimum absolute atomic E-state index is 0.239. The van der Waals surface area contributed by atoms with Crippen LogP contribution in [0, 0.1) is 5.82 Å². The van der Waals surface area contributed by atoms with E-state index in [1.165, 1.54) is 16.8 Å². The number of aromatic nitrogens is 2. The molecule has 0 saturated heterocycles. The van der Waals surface area contributed by atoms with Crippen LogP contribution in [0.3, 0.4) is 0 Å². The Morgan fingerprint density at radius 2 is 2.19 bits per heavy atom. The summed E-state index contributed by atoms with van der Waals surface area (Å²) < 4.78 is 14.9. The van der Waals surface area contributed by atoms with Crippen molar-refractivity contribution >= 4 is 23.5 Å². The van der Waals surface area contributed by atoms with Gasteiger partial charge in [-0.05, 0) is 49.4 Å². The largest absolute Gasteiger partial charge is 0.465 e. The van der Waals surface area contributed by atoms with E-state index in [0.29, 0.717) is 43.4 Å². The van der Waals surface area contributed by atoms with Crippen molar-refractivity contribution in [3.8, 4) is 0 Å². The van der Waals surface area contributed by atoms with Gasteiger partial charge < -0.3 is 21.5 Å². The predicted molar refractivity (Wildman–Crippen MR) is 96.5 cm³/mol. The molecule has 27 heavy (non-hydrogen) atoms. The monoisotopic (exact) mass is 373 g/mol. The summed E-state index contributed by atoms with van der Waals surface area (Å²) in [5.41, 5.74) is 8.96. The quantitative estimate of drug-likeness (QED) is 0.638. The van der Waals surface area contributed by atoms with Crippen molar-refractivity contribution in [1.29, 1.82) is 0 Å². The van der Waals surface area contributed by atoms with E-state index in [9.17, 15) is 14.0 Å². The number of aryl methyl sites for hydroxylation is 1. The fraction of sp³-hybridized carbons (Fsp3) is 0.389. The first-order valence-corrected chi connectivity index (χ1v) is 8.87. The van der Waals surface area contributed by atoms with Gasteiger partial charge in [-0.1, -0.05) is 0 Å². The molecule has 4 rings (SSSR count). The van der Waals surface area contributed by atoms with Gasteiger partial charge in [0, 0.05) is 23.8 Å². The van der Waals surface area contributed by atoms with Crippen LogP contribution < -0.4 is 16.4 Å². The van der Waals surface area contributed by atoms with Gasteiger partial charge in [-0.15, -0.1) is 0 Å². The second kappa shape index (κ2) is 6.57. The molecule has 0 fully saturated rings. The number of nitrogen functional groups attached to an aromatic ring is 1. The van der Waals surface area contributed by atoms with Crippen molar-refractivity contribution in [1.82, 2.24) is 15.1 Å². The molecule has 0 saturated carbocycles. The number of fused-ring (bicyclic) bond motifs is 2. The molecule has 2 atom stereocenters. The van der Waals surface area contributed by atoms with E-state index in [0.717, 1.165) is 11.4 Å². The molecule has 142 valence electrons. The van der Waals surface area contributed by atoms with Gasteiger partial charge >= 0.3 is 6.09 Å². The van der Waals surface area contributed by atoms with Gasteiger partial charge in [0.25, 0.3) is 5.91 Å². The molecule has 1 aromatic carbocycles. The molecule has 2 aliphatic rings. The third-order valence-electron chi connectivity index (χ3n) is 5.26. The molecule has 1 aliphatic carbocycles. The van der Waals surface area contributed by atoms with Gasteiger partial charge in [0.05, 0.1) is 11.6 Å². The summed E-state index contributed by atoms with van der Waals surface area (Å²) in [6.07, 6.45) is 0.979. The predicted octanol–water partition coefficient (Wildman–Crippen LogP) is 1.97. The van der Waals surface area contributed by atoms with Crippen LogP contribution in [0.1, 0.15) is 40.4 Å². The molecule has 0 spiro atoms. The van der Waals surface area contributed by atoms with Crippen LogP contribution in [0.2, 0.25) is 0 Å². The molecule has 1 aromatic heterocycles. The summed E-state index contributed by atoms with van der Waals surface area (Å²) in [6.45, 7) is 0.598. The van der Waals surface area contributed by atoms with Crippen LogP contribution in [0.5, 0.6) is 0 Å². The minimum Gasteiger partial charge on any atom is -0.465 e. The number of carbonyl (C=O) groups excluding carboxylic acids is 1. The van der Waals surface area contributed by atoms with E-state index in [4.69, 9.17) is 10.8 Å². The Labute approximate surface area is 154 Å². The number of carbonyl (C=O) groups is 2. The van der Waals surface area contributed by atoms with Crippen LogP contribution >= 0.6 is 0 Å². The third kappa shape index (κ3) is 3.09. The van der Waals surface area contributed by atoms with E-state index >= 15 is 0 Å². The lowest BCUT2D eigenvalue weighted by Gasteiger charge is -2.25. The highest BCUT2D eigenvalue weighted by Gasteiger charge is 2.33. The highest BCUT2D eigenvalue weighted by atomic mass is 19.1. The number of carboxylic acid groups (broad SMARTS) is 1. The van der Waals surface area contributed by atoms with Crippen molar-refractivity contribution in [2.24, 2.45) is 0 Å². The lowest BCUT2D eigenvalue weighted by molar-refractivity contribution is 0.0859. The molecule has 2 heterocycles. The van der Waals surface area contributed by atoms with Crippen LogP contribution in [0.15, 0.2) is 18.2 Å². The van der Waals surface area contributed by atoms with Crippen LogP contribution in [0.25, 0.3) is 0 Å². The number of halogens is 1. The van der Waals surface area contributed by atoms with Gasteiger partial charge in [-0.3, -0.25) is 4.79 Å². The average Bonchev–Trinajstić information content (AvgIpc) is 2.96. The van der Waals surface area contributed by atoms with E-state index < -0.39 is 17.8 Å². The Morgan fingerprint density at radius 3 is 2.96 bits per heavy atom. The fourth-order valence-corrected chi connectivity index (χ4v) is 3.95. The molecule has 0 unspecified atom stereocenters. The summed E-state index contributed by atoms with van der Waals surface area (Å²) in [6, 6.07) is 4.11. The van der Waals surface area contributed by atoms with Crippen LogP contribution in [0.4, 0.5) is 20.7 Å². The fourth-order valence-electron chi connectivity index (χ4n) is 3.95. The molecule has 2 aromatic rings. The maximum atomic E-state index is 13.7. The summed E-state index contributed by atoms with van der Waals surface area (Å²) in [5, 5.41) is 18.9. The normalized spacial score (nSPS) is 20.9. The van der Waals surface area contributed by atoms with Gasteiger partial charge in [0.15, 0.2) is 0 Å². The lowest BCUT2D eigenvalue weighted by atomic mass is 9.90. The highest BCUT2D eigenvalue weighted by molar-refractivity contribution is 5.90. The number of nitrogens with one attached hydrogen (secondary N) is 2. The van der Waals surface area contributed by atoms with Gasteiger partial charge in [-0.25, -0.2) is 9.18 Å². The second-order valence-electron chi connectivity index (χ2n) is 6.95. The van der Waals surface area contributed by atoms with Crippen molar-refractivity contribution < 1.29 is 19.1 Å². The molecular weight excluding hydrogens is 353 g/mol. The average molecular weight is 373 g/mol. The Balaban J connectivity index is 1.64. The smallest absolute Gasteiger partial charge is 0.404 e. The highest BCUT2D eigenvalue weighted by Crippen LogP contribution is 2.35. The SMILES string of the molecule is Nc1c2c(nn1C(=O)[C@H]1CCNc3ccc(F)cc31)CC[C@@H](NC(=O)O)C2. The van der Waals surface area contributed by atoms with Gasteiger partial charge in [-0.2, -0.15) is 9.78 Å². The van der Waals surface area contributed by atoms with Gasteiger partial charge in [0.1, 0.15) is 11.6 Å². The Hall–Kier alpha value is -3.10. The first-order chi connectivity index (χ1) is 12.9. The molecule has 1 amide bonds. The van der Waals surface area contributed by atoms with E-state index in [-0.39, 0.29) is 17.8 Å². The Bertz CT molecular complexity index is 926. The lowest BCUT2D eigenvalue weighted by Crippen LogP contribution is -2.37. The standard InChI is InChI=1S/C18H20FN5O3/c19-9-1-3-14-12(7-9)11(5-6-21-14)17(25)24-16(20)13-8-10(22-18(26)27)2-4-15(13)23-24/h1,3,7,10-11,21-22H,2,4-6,8,20H2,(H,26,27)/t10-,11+/m1/s1. The summed E-state index contributed by atoms with van der Waals surface area (Å²) in [5.74, 6) is -0.986. The molecule has 0 bridgehead atoms. The topological polar surface area (TPSA) is 122 Å². The van der Waals surface area contributed by atoms with Gasteiger partial charge in [0.2, 0.25) is 0 Å². The number of nitrogens with two attached hydrogens (primary N) is 1. The van der Waals surface area contributed by atoms with E-state index in [1.54, 1.807) is 6.07 Å². The molecular formula is C18H20FN5O3. The van der Waals surface area contributed by atoms with E-state index in [2.05, 4.69) is 15.7 Å². The zero-order chi connectivity index (χ0) is 19.1. The number of benzene rings is 1. The Kier molecular flexibility index (Phi) is 4.21. The number of hydrogen-bond acceptors (Lipinski definition) is 5. The first-order valence-electron chi connectivity index (χ1n) is 8.87. The zero-order valence-electron chi connectivity index (χ0n) is 14.5. The summed E-state index contributed by atoms with van der Waals surface area (Å²) in [4.78, 5) is 24.0. The third-order valence-corrected chi connectivity index (χ3v) is 5.26. The van der Waals surface area contributed by atoms with Crippen LogP contribution in [-0.4, -0.2) is 39.5 Å². The number of nitrogens with zero attached hydrogens (tertiary/aromatic N) is 2. The van der Waals surface area contributed by atoms with Crippen LogP contribution in [-0.2, 0) is 12.8 Å². The number of amides is 1. The molecule has 8 nitrogen and oxygen atoms in total. The number of hydrogen-bond donors (Lipinski definition) is 4. The Morgan fingerprint density at radius 1 is 1.37 bits per heavy atom. The second-order valence-corrected chi connectivity index (χ2v) is 6.95. The van der Waals surface area contributed by atoms with Crippen molar-refractivity contribution in [3.63, 3.8) is 0 Å². The summed E-state index contributed by atoms with van der Waals surface area (Å²) >= 11 is 0. The maximum absolute atomic E-state index is 13.7. The number of rotatable bonds is 2. The zero-order valence-corrected chi connectivity index (χ0v) is 14.5. The van der Waals surface area contributed by atoms with Crippen molar-refractivity contribution in [2.45, 2.75) is 37.6 Å². The molecule has 0 radical (unpaired) electrons. The molecule has 5 N–H and O–H groups in total. The van der Waals surface area contributed by atoms with E-state index in [1.807, 2.05) is 0 Å². The molecule has 1 aliphatic heterocycles. The van der Waals surface area contributed by atoms with Crippen molar-refractivity contribution in [2.75, 3.05) is 17.6 Å². The summed E-state index contributed by atoms with van der Waals surface area (Å²) in [7, 11) is 0.